The first kappa shape index (κ1) is 31.3. The molecular weight excluding hydrogens is 532 g/mol. The van der Waals surface area contributed by atoms with Gasteiger partial charge in [0.05, 0.1) is 20.3 Å². The molecule has 3 amide bonds. The molecule has 234 valence electrons. The van der Waals surface area contributed by atoms with Gasteiger partial charge in [-0.1, -0.05) is 37.5 Å². The number of carbonyl (C=O) groups excluding carboxylic acids is 3. The second-order valence-electron chi connectivity index (χ2n) is 11.3. The molecule has 42 heavy (non-hydrogen) atoms. The van der Waals surface area contributed by atoms with Crippen molar-refractivity contribution in [3.05, 3.63) is 59.2 Å². The van der Waals surface area contributed by atoms with Gasteiger partial charge in [0, 0.05) is 54.1 Å². The van der Waals surface area contributed by atoms with Crippen molar-refractivity contribution in [1.82, 2.24) is 20.9 Å². The third kappa shape index (κ3) is 8.25. The van der Waals surface area contributed by atoms with Crippen LogP contribution in [0.1, 0.15) is 83.6 Å². The lowest BCUT2D eigenvalue weighted by Gasteiger charge is -2.33. The van der Waals surface area contributed by atoms with E-state index >= 15 is 0 Å². The molecule has 0 bridgehead atoms. The van der Waals surface area contributed by atoms with Crippen molar-refractivity contribution in [3.63, 3.8) is 0 Å². The number of benzene rings is 2. The zero-order valence-electron chi connectivity index (χ0n) is 25.2. The lowest BCUT2D eigenvalue weighted by molar-refractivity contribution is -0.131. The highest BCUT2D eigenvalue weighted by molar-refractivity contribution is 5.97. The molecule has 1 aliphatic carbocycles. The van der Waals surface area contributed by atoms with E-state index in [2.05, 4.69) is 16.0 Å². The molecule has 1 saturated heterocycles. The van der Waals surface area contributed by atoms with Gasteiger partial charge in [-0.25, -0.2) is 0 Å². The van der Waals surface area contributed by atoms with Crippen molar-refractivity contribution in [2.45, 2.75) is 70.4 Å². The minimum Gasteiger partial charge on any atom is -0.497 e. The summed E-state index contributed by atoms with van der Waals surface area (Å²) in [6.45, 7) is 4.56. The van der Waals surface area contributed by atoms with Gasteiger partial charge in [-0.2, -0.15) is 0 Å². The Morgan fingerprint density at radius 1 is 1.05 bits per heavy atom. The minimum atomic E-state index is -0.524. The van der Waals surface area contributed by atoms with E-state index in [0.717, 1.165) is 67.7 Å². The SMILES string of the molecule is CCOc1cc(OC)ccc1CNCC(=O)N1CCC[C@H](c2cccc(C(=O)N[C@@H](C(=O)NC)C3CCCCC3)c2)C1.[HH].[HH].[HH]. The van der Waals surface area contributed by atoms with Gasteiger partial charge in [-0.15, -0.1) is 0 Å². The van der Waals surface area contributed by atoms with E-state index in [1.807, 2.05) is 48.2 Å². The van der Waals surface area contributed by atoms with E-state index in [9.17, 15) is 14.4 Å². The number of ether oxygens (including phenoxy) is 2. The molecule has 1 heterocycles. The molecule has 1 aliphatic heterocycles. The van der Waals surface area contributed by atoms with Gasteiger partial charge in [0.1, 0.15) is 17.5 Å². The number of carbonyl (C=O) groups is 3. The number of piperidine rings is 1. The van der Waals surface area contributed by atoms with Gasteiger partial charge < -0.3 is 30.3 Å². The summed E-state index contributed by atoms with van der Waals surface area (Å²) >= 11 is 0. The van der Waals surface area contributed by atoms with E-state index in [-0.39, 0.29) is 40.4 Å². The van der Waals surface area contributed by atoms with Crippen molar-refractivity contribution in [2.24, 2.45) is 5.92 Å². The van der Waals surface area contributed by atoms with Crippen molar-refractivity contribution in [1.29, 1.82) is 0 Å². The van der Waals surface area contributed by atoms with Crippen molar-refractivity contribution >= 4 is 17.7 Å². The summed E-state index contributed by atoms with van der Waals surface area (Å²) in [7, 11) is 3.24. The maximum Gasteiger partial charge on any atom is 0.251 e. The minimum absolute atomic E-state index is 0. The van der Waals surface area contributed by atoms with Crippen LogP contribution in [0.3, 0.4) is 0 Å². The van der Waals surface area contributed by atoms with Gasteiger partial charge in [0.25, 0.3) is 5.91 Å². The summed E-state index contributed by atoms with van der Waals surface area (Å²) in [6.07, 6.45) is 7.12. The third-order valence-corrected chi connectivity index (χ3v) is 8.50. The molecule has 4 rings (SSSR count). The zero-order chi connectivity index (χ0) is 29.9. The standard InChI is InChI=1S/C33H46N4O5.3H2/c1-4-42-29-19-28(41-3)16-15-26(29)20-35-21-30(38)37-17-9-14-27(22-37)24-12-8-13-25(18-24)32(39)36-31(33(40)34-2)23-10-6-5-7-11-23;;;/h8,12-13,15-16,18-19,23,27,31,35H,4-7,9-11,14,17,20-22H2,1-3H3,(H,34,40)(H,36,39);3*1H/t27-,31+;;;/m0.../s1. The van der Waals surface area contributed by atoms with Crippen LogP contribution >= 0.6 is 0 Å². The summed E-state index contributed by atoms with van der Waals surface area (Å²) in [5.41, 5.74) is 2.56. The quantitative estimate of drug-likeness (QED) is 0.332. The van der Waals surface area contributed by atoms with E-state index in [1.165, 1.54) is 6.42 Å². The molecule has 2 fully saturated rings. The number of likely N-dealkylation sites (N-methyl/N-ethyl adjacent to an activating group) is 1. The number of hydrogen-bond donors (Lipinski definition) is 3. The lowest BCUT2D eigenvalue weighted by Crippen LogP contribution is -2.50. The van der Waals surface area contributed by atoms with Gasteiger partial charge in [0.15, 0.2) is 0 Å². The Morgan fingerprint density at radius 2 is 1.86 bits per heavy atom. The molecule has 9 heteroatoms. The molecule has 2 aromatic rings. The summed E-state index contributed by atoms with van der Waals surface area (Å²) in [5.74, 6) is 1.48. The summed E-state index contributed by atoms with van der Waals surface area (Å²) in [5, 5.41) is 9.03. The molecule has 9 nitrogen and oxygen atoms in total. The van der Waals surface area contributed by atoms with Crippen LogP contribution < -0.4 is 25.4 Å². The van der Waals surface area contributed by atoms with Crippen LogP contribution in [0.5, 0.6) is 11.5 Å². The molecule has 0 unspecified atom stereocenters. The molecule has 2 aliphatic rings. The largest absolute Gasteiger partial charge is 0.497 e. The highest BCUT2D eigenvalue weighted by Crippen LogP contribution is 2.29. The van der Waals surface area contributed by atoms with Crippen LogP contribution in [0.2, 0.25) is 0 Å². The van der Waals surface area contributed by atoms with Crippen LogP contribution in [-0.4, -0.2) is 69.1 Å². The van der Waals surface area contributed by atoms with Gasteiger partial charge in [0.2, 0.25) is 11.8 Å². The number of nitrogens with zero attached hydrogens (tertiary/aromatic N) is 1. The van der Waals surface area contributed by atoms with E-state index in [1.54, 1.807) is 20.2 Å². The number of methoxy groups -OCH3 is 1. The molecule has 3 N–H and O–H groups in total. The maximum atomic E-state index is 13.3. The van der Waals surface area contributed by atoms with Crippen LogP contribution in [0, 0.1) is 5.92 Å². The van der Waals surface area contributed by atoms with E-state index in [0.29, 0.717) is 25.3 Å². The van der Waals surface area contributed by atoms with Crippen LogP contribution in [0.4, 0.5) is 0 Å². The molecule has 1 saturated carbocycles. The second kappa shape index (κ2) is 15.6. The summed E-state index contributed by atoms with van der Waals surface area (Å²) in [4.78, 5) is 41.0. The highest BCUT2D eigenvalue weighted by Gasteiger charge is 2.31. The Morgan fingerprint density at radius 3 is 2.60 bits per heavy atom. The topological polar surface area (TPSA) is 109 Å². The Balaban J connectivity index is 0.00000337. The summed E-state index contributed by atoms with van der Waals surface area (Å²) < 4.78 is 11.1. The lowest BCUT2D eigenvalue weighted by atomic mass is 9.83. The maximum absolute atomic E-state index is 13.3. The fraction of sp³-hybridized carbons (Fsp3) is 0.545. The predicted molar refractivity (Wildman–Crippen MR) is 169 cm³/mol. The predicted octanol–water partition coefficient (Wildman–Crippen LogP) is 4.75. The average Bonchev–Trinajstić information content (AvgIpc) is 3.04. The molecule has 2 aromatic carbocycles. The normalized spacial score (nSPS) is 18.2. The first-order valence-corrected chi connectivity index (χ1v) is 15.3. The first-order valence-electron chi connectivity index (χ1n) is 15.3. The number of nitrogens with one attached hydrogen (secondary N) is 3. The average molecular weight is 585 g/mol. The van der Waals surface area contributed by atoms with Gasteiger partial charge in [-0.3, -0.25) is 14.4 Å². The number of rotatable bonds is 12. The molecule has 0 radical (unpaired) electrons. The Hall–Kier alpha value is -3.59. The monoisotopic (exact) mass is 584 g/mol. The van der Waals surface area contributed by atoms with Crippen LogP contribution in [-0.2, 0) is 16.1 Å². The fourth-order valence-electron chi connectivity index (χ4n) is 6.17. The van der Waals surface area contributed by atoms with E-state index < -0.39 is 6.04 Å². The van der Waals surface area contributed by atoms with Crippen molar-refractivity contribution in [2.75, 3.05) is 40.4 Å². The summed E-state index contributed by atoms with van der Waals surface area (Å²) in [6, 6.07) is 12.8. The van der Waals surface area contributed by atoms with E-state index in [4.69, 9.17) is 9.47 Å². The third-order valence-electron chi connectivity index (χ3n) is 8.50. The Kier molecular flexibility index (Phi) is 11.6. The number of amides is 3. The van der Waals surface area contributed by atoms with Gasteiger partial charge >= 0.3 is 0 Å². The number of likely N-dealkylation sites (tertiary alicyclic amines) is 1. The zero-order valence-corrected chi connectivity index (χ0v) is 25.2. The van der Waals surface area contributed by atoms with Gasteiger partial charge in [-0.05, 0) is 62.3 Å². The van der Waals surface area contributed by atoms with Crippen LogP contribution in [0.15, 0.2) is 42.5 Å². The highest BCUT2D eigenvalue weighted by atomic mass is 16.5. The second-order valence-corrected chi connectivity index (χ2v) is 11.3. The Labute approximate surface area is 254 Å². The Bertz CT molecular complexity index is 1230. The molecule has 2 atom stereocenters. The molecule has 0 aromatic heterocycles. The smallest absolute Gasteiger partial charge is 0.251 e. The van der Waals surface area contributed by atoms with Crippen molar-refractivity contribution in [3.8, 4) is 11.5 Å². The first-order chi connectivity index (χ1) is 20.4. The molecular formula is C33H52N4O5. The van der Waals surface area contributed by atoms with Crippen molar-refractivity contribution < 1.29 is 28.1 Å². The molecule has 0 spiro atoms. The fourth-order valence-corrected chi connectivity index (χ4v) is 6.17. The number of hydrogen-bond acceptors (Lipinski definition) is 6. The van der Waals surface area contributed by atoms with Crippen LogP contribution in [0.25, 0.3) is 0 Å².